The van der Waals surface area contributed by atoms with Gasteiger partial charge in [-0.1, -0.05) is 214 Å². The topological polar surface area (TPSA) is 106 Å². The van der Waals surface area contributed by atoms with Gasteiger partial charge in [-0.05, 0) is 195 Å². The molecule has 554 valence electrons. The van der Waals surface area contributed by atoms with E-state index < -0.39 is 78.4 Å². The first-order valence-corrected chi connectivity index (χ1v) is 43.9. The number of aliphatic hydroxyl groups is 1. The Labute approximate surface area is 658 Å². The van der Waals surface area contributed by atoms with Gasteiger partial charge >= 0.3 is 24.2 Å². The fourth-order valence-electron chi connectivity index (χ4n) is 12.7. The molecule has 3 N–H and O–H groups in total. The minimum absolute atomic E-state index is 0. The van der Waals surface area contributed by atoms with Crippen molar-refractivity contribution >= 4 is 135 Å². The quantitative estimate of drug-likeness (QED) is 0.0355. The summed E-state index contributed by atoms with van der Waals surface area (Å²) < 4.78 is 142. The van der Waals surface area contributed by atoms with E-state index in [9.17, 15) is 58.6 Å². The monoisotopic (exact) mass is 1990 g/mol. The van der Waals surface area contributed by atoms with Crippen molar-refractivity contribution in [3.05, 3.63) is 107 Å². The van der Waals surface area contributed by atoms with Crippen LogP contribution in [0.4, 0.5) is 43.9 Å². The minimum atomic E-state index is -5.72. The Balaban J connectivity index is 0. The van der Waals surface area contributed by atoms with Gasteiger partial charge in [0.05, 0.1) is 42.8 Å². The van der Waals surface area contributed by atoms with Gasteiger partial charge in [-0.3, -0.25) is 14.5 Å². The molecule has 0 aromatic heterocycles. The number of ether oxygens (including phenoxy) is 1. The fourth-order valence-corrected chi connectivity index (χ4v) is 15.5. The van der Waals surface area contributed by atoms with Gasteiger partial charge < -0.3 is 59.3 Å². The van der Waals surface area contributed by atoms with E-state index in [4.69, 9.17) is 13.6 Å². The van der Waals surface area contributed by atoms with Crippen LogP contribution in [-0.4, -0.2) is 107 Å². The van der Waals surface area contributed by atoms with Crippen LogP contribution in [0.15, 0.2) is 94.2 Å². The Morgan fingerprint density at radius 1 is 0.677 bits per heavy atom. The van der Waals surface area contributed by atoms with Gasteiger partial charge in [-0.15, -0.1) is 0 Å². The van der Waals surface area contributed by atoms with Crippen LogP contribution in [0.25, 0.3) is 0 Å². The molecule has 6 rings (SSSR count). The Kier molecular flexibility index (Phi) is 42.5. The number of hydrogen-bond acceptors (Lipinski definition) is 6. The molecule has 0 aliphatic heterocycles. The van der Waals surface area contributed by atoms with Crippen LogP contribution in [0, 0.1) is 46.9 Å². The number of halogens is 15. The molecule has 0 heterocycles. The number of allylic oxidation sites excluding steroid dienone is 8. The number of hydrogen-bond donors (Lipinski definition) is 3. The predicted octanol–water partition coefficient (Wildman–Crippen LogP) is 22.7. The number of nitrogens with one attached hydrogen (secondary N) is 2. The maximum absolute atomic E-state index is 13.1. The van der Waals surface area contributed by atoms with Crippen LogP contribution in [0.3, 0.4) is 0 Å². The Bertz CT molecular complexity index is 2730. The summed E-state index contributed by atoms with van der Waals surface area (Å²) in [5.74, 6) is -9.89. The summed E-state index contributed by atoms with van der Waals surface area (Å²) >= 11 is 11.4. The zero-order chi connectivity index (χ0) is 72.1. The second kappa shape index (κ2) is 41.2. The summed E-state index contributed by atoms with van der Waals surface area (Å²) in [7, 11) is -3.78. The molecule has 2 radical (unpaired) electrons. The van der Waals surface area contributed by atoms with Crippen molar-refractivity contribution in [3.63, 3.8) is 0 Å². The summed E-state index contributed by atoms with van der Waals surface area (Å²) in [6.07, 6.45) is 14.3. The molecule has 8 nitrogen and oxygen atoms in total. The van der Waals surface area contributed by atoms with E-state index in [-0.39, 0.29) is 95.0 Å². The van der Waals surface area contributed by atoms with Gasteiger partial charge in [-0.2, -0.15) is 43.9 Å². The summed E-state index contributed by atoms with van der Waals surface area (Å²) in [5.41, 5.74) is 10.1. The zero-order valence-corrected chi connectivity index (χ0v) is 74.2. The minimum Gasteiger partial charge on any atom is -0.410 e. The van der Waals surface area contributed by atoms with Crippen molar-refractivity contribution in [1.29, 1.82) is 0 Å². The molecule has 0 aromatic rings. The van der Waals surface area contributed by atoms with Crippen molar-refractivity contribution in [2.24, 2.45) is 34.5 Å². The summed E-state index contributed by atoms with van der Waals surface area (Å²) in [4.78, 5) is 25.5. The molecular weight excluding hydrogens is 1890 g/mol. The number of carbonyl (C=O) groups excluding carboxylic acids is 2. The molecular formula is C69H107BrF10I4N2O6Si2V2-2. The molecule has 6 unspecified atom stereocenters. The largest absolute Gasteiger partial charge is 0.455 e. The van der Waals surface area contributed by atoms with Gasteiger partial charge in [0, 0.05) is 37.1 Å². The van der Waals surface area contributed by atoms with E-state index in [1.807, 2.05) is 29.5 Å². The third kappa shape index (κ3) is 28.4. The smallest absolute Gasteiger partial charge is 0.410 e. The number of fused-ring (bicyclic) bond motifs is 2. The van der Waals surface area contributed by atoms with Gasteiger partial charge in [-0.25, -0.2) is 0 Å². The van der Waals surface area contributed by atoms with E-state index in [0.717, 1.165) is 68.9 Å². The van der Waals surface area contributed by atoms with Gasteiger partial charge in [0.25, 0.3) is 0 Å². The Hall–Kier alpha value is 1.00. The van der Waals surface area contributed by atoms with Crippen LogP contribution in [-0.2, 0) is 60.3 Å². The van der Waals surface area contributed by atoms with Crippen LogP contribution < -0.4 is 10.6 Å². The SMILES string of the molecule is C=C1/C(=C\C=C2/CCC[C@]3(C)C([C@H](C)O)=CCC23)CC(C)CC1O[Si](C)(C)C(C)(C)C.C=C1/C(=C\C=C2/CCC[C@]3(C)C([C@H](C)OCC(=O)NCC(F)(F)C(F)(F)F)=CCC23)CC(C)CC1O[Si](C)(C)C(C)(C)C.IC(I)I.O=C(CBr)NCC(F)(F)C(F)(F)F.[CH2-]I.[CH3-].[V].[V]. The summed E-state index contributed by atoms with van der Waals surface area (Å²) in [5, 5.41) is 13.4. The standard InChI is InChI=1S/C33H50F5NO3Si.C28H46O2Si.C5H5BrF5NO.CHI3.CH2I.CH3.2V/c1-21-17-25(22(2)28(18-21)42-43(8,9)30(4,5)6)13-12-24-11-10-16-31(7)26(14-15-27(24)31)23(3)41-19-29(40)39-20-32(34,35)33(36,37)38;1-19-17-23(20(2)26(18-19)30-31(8,9)27(4,5)6)13-12-22-11-10-16-28(7)24(21(3)29)14-15-25(22)28;6-1-3(13)12-2-4(7,8)5(9,10)11;2-1(3)4;1-2;;;/h12-14,21,23,27-28H,2,10-11,15-20H2,1,3-9H3,(H,39,40);12-14,19,21,25-26,29H,2,10-11,15-18H2,1,3-9H3;1-2H2,(H,12,13);1H;1H2;1H3;;/q;;;;2*-1;;/b24-12+,25-13-;22-12+,23-13-;;;;;;/t21?,23-,27?,28?,31+;19?,21-,25?,26?,28+;;;;;;/m00....../s1. The first-order chi connectivity index (χ1) is 42.3. The van der Waals surface area contributed by atoms with Crippen molar-refractivity contribution < 1.29 is 109 Å². The van der Waals surface area contributed by atoms with Gasteiger partial charge in [0.2, 0.25) is 11.8 Å². The predicted molar refractivity (Wildman–Crippen MR) is 408 cm³/mol. The molecule has 6 aliphatic carbocycles. The maximum atomic E-state index is 13.1. The normalized spacial score (nSPS) is 27.2. The van der Waals surface area contributed by atoms with Gasteiger partial charge in [0.15, 0.2) is 16.6 Å². The molecule has 10 atom stereocenters. The number of aliphatic hydroxyl groups excluding tert-OH is 1. The number of alkyl halides is 14. The number of carbonyl (C=O) groups is 2. The van der Waals surface area contributed by atoms with E-state index >= 15 is 0 Å². The van der Waals surface area contributed by atoms with E-state index in [1.54, 1.807) is 17.8 Å². The summed E-state index contributed by atoms with van der Waals surface area (Å²) in [6.45, 7) is 40.7. The fraction of sp³-hybridized carbons (Fsp3) is 0.710. The first kappa shape index (κ1) is 99.1. The molecule has 6 aliphatic rings. The molecule has 4 saturated carbocycles. The van der Waals surface area contributed by atoms with Crippen LogP contribution >= 0.6 is 106 Å². The van der Waals surface area contributed by atoms with E-state index in [0.29, 0.717) is 17.8 Å². The van der Waals surface area contributed by atoms with E-state index in [1.165, 1.54) is 52.4 Å². The van der Waals surface area contributed by atoms with Crippen molar-refractivity contribution in [2.45, 2.75) is 245 Å². The van der Waals surface area contributed by atoms with Crippen molar-refractivity contribution in [2.75, 3.05) is 25.0 Å². The molecule has 2 amide bonds. The van der Waals surface area contributed by atoms with E-state index in [2.05, 4.69) is 234 Å². The summed E-state index contributed by atoms with van der Waals surface area (Å²) in [6, 6.07) is 0. The second-order valence-electron chi connectivity index (χ2n) is 29.1. The average molecular weight is 2000 g/mol. The molecule has 4 fully saturated rings. The Morgan fingerprint density at radius 3 is 1.33 bits per heavy atom. The third-order valence-corrected chi connectivity index (χ3v) is 29.5. The first-order valence-electron chi connectivity index (χ1n) is 31.7. The third-order valence-electron chi connectivity index (χ3n) is 20.0. The van der Waals surface area contributed by atoms with Crippen molar-refractivity contribution in [1.82, 2.24) is 10.6 Å². The van der Waals surface area contributed by atoms with Gasteiger partial charge in [0.1, 0.15) is 6.54 Å². The molecule has 96 heavy (non-hydrogen) atoms. The van der Waals surface area contributed by atoms with Crippen LogP contribution in [0.1, 0.15) is 160 Å². The molecule has 0 aromatic carbocycles. The van der Waals surface area contributed by atoms with Crippen molar-refractivity contribution in [3.8, 4) is 0 Å². The molecule has 27 heteroatoms. The number of amides is 2. The molecule has 0 spiro atoms. The van der Waals surface area contributed by atoms with Crippen LogP contribution in [0.2, 0.25) is 36.3 Å². The maximum Gasteiger partial charge on any atom is 0.455 e. The molecule has 0 saturated heterocycles. The second-order valence-corrected chi connectivity index (χ2v) is 50.1. The van der Waals surface area contributed by atoms with Crippen LogP contribution in [0.5, 0.6) is 0 Å². The zero-order valence-electron chi connectivity index (χ0n) is 59.1. The molecule has 0 bridgehead atoms. The average Bonchev–Trinajstić information content (AvgIpc) is 1.59. The number of rotatable bonds is 16. The Morgan fingerprint density at radius 2 is 1.01 bits per heavy atom.